The van der Waals surface area contributed by atoms with Gasteiger partial charge in [0.1, 0.15) is 11.6 Å². The van der Waals surface area contributed by atoms with Gasteiger partial charge in [0, 0.05) is 13.0 Å². The van der Waals surface area contributed by atoms with Crippen LogP contribution >= 0.6 is 10.6 Å². The van der Waals surface area contributed by atoms with Crippen LogP contribution in [0.1, 0.15) is 24.8 Å². The molecule has 1 aromatic carbocycles. The number of carbonyl (C=O) groups is 2. The molecule has 5 N–H and O–H groups in total. The molecular formula is C19H26N2O6S. The number of ether oxygens (including phenoxy) is 1. The fraction of sp³-hybridized carbons (Fsp3) is 0.474. The normalized spacial score (nSPS) is 24.9. The lowest BCUT2D eigenvalue weighted by atomic mass is 9.85. The zero-order valence-electron chi connectivity index (χ0n) is 15.6. The summed E-state index contributed by atoms with van der Waals surface area (Å²) in [7, 11) is -1.49. The first-order valence-electron chi connectivity index (χ1n) is 9.08. The lowest BCUT2D eigenvalue weighted by Gasteiger charge is -2.57. The van der Waals surface area contributed by atoms with Crippen molar-refractivity contribution in [1.29, 1.82) is 0 Å². The summed E-state index contributed by atoms with van der Waals surface area (Å²) in [4.78, 5) is 24.9. The SMILES string of the molecule is COC1(C(NC(=O)C2CC=C(c3ccccc3)CC2)C(=O)NO)CS(O)(O)C1. The van der Waals surface area contributed by atoms with Gasteiger partial charge in [-0.2, -0.15) is 10.6 Å². The maximum atomic E-state index is 12.8. The van der Waals surface area contributed by atoms with E-state index in [1.807, 2.05) is 36.4 Å². The summed E-state index contributed by atoms with van der Waals surface area (Å²) in [6, 6.07) is 8.75. The van der Waals surface area contributed by atoms with Gasteiger partial charge in [0.25, 0.3) is 5.91 Å². The molecule has 3 rings (SSSR count). The van der Waals surface area contributed by atoms with Gasteiger partial charge >= 0.3 is 0 Å². The first-order chi connectivity index (χ1) is 13.3. The molecule has 1 saturated heterocycles. The molecule has 2 atom stereocenters. The van der Waals surface area contributed by atoms with Gasteiger partial charge in [-0.25, -0.2) is 5.48 Å². The average Bonchev–Trinajstić information content (AvgIpc) is 2.70. The fourth-order valence-corrected chi connectivity index (χ4v) is 5.94. The van der Waals surface area contributed by atoms with Crippen LogP contribution in [0.4, 0.5) is 0 Å². The van der Waals surface area contributed by atoms with E-state index < -0.39 is 28.1 Å². The van der Waals surface area contributed by atoms with Gasteiger partial charge in [-0.3, -0.25) is 23.9 Å². The van der Waals surface area contributed by atoms with Crippen LogP contribution in [-0.2, 0) is 14.3 Å². The van der Waals surface area contributed by atoms with Gasteiger partial charge in [0.2, 0.25) is 5.91 Å². The Morgan fingerprint density at radius 3 is 2.43 bits per heavy atom. The van der Waals surface area contributed by atoms with E-state index in [0.717, 1.165) is 12.0 Å². The van der Waals surface area contributed by atoms with Crippen molar-refractivity contribution in [2.24, 2.45) is 5.92 Å². The number of rotatable bonds is 6. The number of hydroxylamine groups is 1. The van der Waals surface area contributed by atoms with Crippen molar-refractivity contribution >= 4 is 28.0 Å². The van der Waals surface area contributed by atoms with Crippen LogP contribution in [0.2, 0.25) is 0 Å². The summed E-state index contributed by atoms with van der Waals surface area (Å²) in [5.74, 6) is -1.82. The van der Waals surface area contributed by atoms with E-state index in [9.17, 15) is 18.7 Å². The van der Waals surface area contributed by atoms with E-state index in [2.05, 4.69) is 5.32 Å². The number of hydrogen-bond donors (Lipinski definition) is 5. The van der Waals surface area contributed by atoms with Gasteiger partial charge in [-0.15, -0.1) is 0 Å². The highest BCUT2D eigenvalue weighted by molar-refractivity contribution is 8.25. The van der Waals surface area contributed by atoms with Crippen molar-refractivity contribution in [2.45, 2.75) is 30.9 Å². The lowest BCUT2D eigenvalue weighted by molar-refractivity contribution is -0.144. The molecule has 0 aromatic heterocycles. The van der Waals surface area contributed by atoms with Crippen LogP contribution in [0.3, 0.4) is 0 Å². The van der Waals surface area contributed by atoms with Crippen molar-refractivity contribution in [1.82, 2.24) is 10.8 Å². The minimum absolute atomic E-state index is 0.169. The Kier molecular flexibility index (Phi) is 6.11. The van der Waals surface area contributed by atoms with Crippen LogP contribution in [0.5, 0.6) is 0 Å². The van der Waals surface area contributed by atoms with Crippen LogP contribution < -0.4 is 10.8 Å². The summed E-state index contributed by atoms with van der Waals surface area (Å²) >= 11 is 0. The van der Waals surface area contributed by atoms with Crippen molar-refractivity contribution in [3.8, 4) is 0 Å². The fourth-order valence-electron chi connectivity index (χ4n) is 3.89. The van der Waals surface area contributed by atoms with E-state index in [0.29, 0.717) is 12.8 Å². The molecule has 1 heterocycles. The number of hydrogen-bond acceptors (Lipinski definition) is 6. The molecule has 1 aliphatic heterocycles. The summed E-state index contributed by atoms with van der Waals surface area (Å²) < 4.78 is 24.9. The summed E-state index contributed by atoms with van der Waals surface area (Å²) in [6.45, 7) is 0. The molecule has 1 fully saturated rings. The maximum absolute atomic E-state index is 12.8. The second kappa shape index (κ2) is 8.22. The third-order valence-electron chi connectivity index (χ3n) is 5.47. The summed E-state index contributed by atoms with van der Waals surface area (Å²) in [6.07, 6.45) is 3.96. The Bertz CT molecular complexity index is 759. The molecule has 1 aromatic rings. The standard InChI is InChI=1S/C19H26N2O6S/c1-27-19(11-28(25,26)12-19)16(18(23)21-24)20-17(22)15-9-7-14(8-10-15)13-5-3-2-4-6-13/h2-7,15-16,24-26H,8-12H2,1H3,(H,20,22)(H,21,23). The minimum Gasteiger partial charge on any atom is -0.372 e. The first-order valence-corrected chi connectivity index (χ1v) is 11.0. The summed E-state index contributed by atoms with van der Waals surface area (Å²) in [5, 5.41) is 11.7. The Morgan fingerprint density at radius 1 is 1.25 bits per heavy atom. The third-order valence-corrected chi connectivity index (χ3v) is 7.37. The molecule has 28 heavy (non-hydrogen) atoms. The molecular weight excluding hydrogens is 384 g/mol. The molecule has 0 radical (unpaired) electrons. The number of benzene rings is 1. The highest BCUT2D eigenvalue weighted by Crippen LogP contribution is 2.56. The topological polar surface area (TPSA) is 128 Å². The second-order valence-corrected chi connectivity index (χ2v) is 9.53. The Balaban J connectivity index is 1.68. The van der Waals surface area contributed by atoms with Crippen LogP contribution in [-0.4, -0.2) is 56.4 Å². The number of allylic oxidation sites excluding steroid dienone is 2. The van der Waals surface area contributed by atoms with Crippen molar-refractivity contribution in [2.75, 3.05) is 18.6 Å². The quantitative estimate of drug-likeness (QED) is 0.361. The minimum atomic E-state index is -2.83. The highest BCUT2D eigenvalue weighted by atomic mass is 32.3. The first kappa shape index (κ1) is 20.8. The monoisotopic (exact) mass is 410 g/mol. The van der Waals surface area contributed by atoms with E-state index in [1.165, 1.54) is 18.2 Å². The number of carbonyl (C=O) groups excluding carboxylic acids is 2. The average molecular weight is 410 g/mol. The lowest BCUT2D eigenvalue weighted by Crippen LogP contribution is -2.70. The molecule has 0 bridgehead atoms. The van der Waals surface area contributed by atoms with Gasteiger partial charge < -0.3 is 10.1 Å². The molecule has 8 nitrogen and oxygen atoms in total. The number of amides is 2. The smallest absolute Gasteiger partial charge is 0.269 e. The summed E-state index contributed by atoms with van der Waals surface area (Å²) in [5.41, 5.74) is 2.62. The van der Waals surface area contributed by atoms with Gasteiger partial charge in [-0.1, -0.05) is 36.4 Å². The largest absolute Gasteiger partial charge is 0.372 e. The molecule has 2 amide bonds. The zero-order valence-corrected chi connectivity index (χ0v) is 16.4. The molecule has 2 unspecified atom stereocenters. The van der Waals surface area contributed by atoms with E-state index >= 15 is 0 Å². The van der Waals surface area contributed by atoms with Crippen molar-refractivity contribution < 1.29 is 28.6 Å². The molecule has 0 spiro atoms. The van der Waals surface area contributed by atoms with Crippen molar-refractivity contribution in [3.63, 3.8) is 0 Å². The zero-order chi connectivity index (χ0) is 20.4. The van der Waals surface area contributed by atoms with Crippen LogP contribution in [0, 0.1) is 5.92 Å². The predicted octanol–water partition coefficient (Wildman–Crippen LogP) is 2.01. The van der Waals surface area contributed by atoms with Crippen LogP contribution in [0.15, 0.2) is 36.4 Å². The van der Waals surface area contributed by atoms with Gasteiger partial charge in [0.15, 0.2) is 0 Å². The number of nitrogens with one attached hydrogen (secondary N) is 2. The third kappa shape index (κ3) is 4.23. The number of methoxy groups -OCH3 is 1. The maximum Gasteiger partial charge on any atom is 0.269 e. The Morgan fingerprint density at radius 2 is 1.93 bits per heavy atom. The Labute approximate surface area is 165 Å². The molecule has 2 aliphatic rings. The highest BCUT2D eigenvalue weighted by Gasteiger charge is 2.57. The van der Waals surface area contributed by atoms with Crippen LogP contribution in [0.25, 0.3) is 5.57 Å². The van der Waals surface area contributed by atoms with E-state index in [4.69, 9.17) is 9.94 Å². The van der Waals surface area contributed by atoms with E-state index in [1.54, 1.807) is 0 Å². The molecule has 0 saturated carbocycles. The Hall–Kier alpha value is -1.91. The molecule has 9 heteroatoms. The van der Waals surface area contributed by atoms with Gasteiger partial charge in [0.05, 0.1) is 11.5 Å². The second-order valence-electron chi connectivity index (χ2n) is 7.34. The molecule has 154 valence electrons. The van der Waals surface area contributed by atoms with Gasteiger partial charge in [-0.05, 0) is 30.4 Å². The molecule has 1 aliphatic carbocycles. The van der Waals surface area contributed by atoms with E-state index in [-0.39, 0.29) is 23.3 Å². The van der Waals surface area contributed by atoms with Crippen molar-refractivity contribution in [3.05, 3.63) is 42.0 Å². The predicted molar refractivity (Wildman–Crippen MR) is 106 cm³/mol.